The number of hydrogen-bond acceptors (Lipinski definition) is 6. The van der Waals surface area contributed by atoms with Gasteiger partial charge >= 0.3 is 15.4 Å². The highest BCUT2D eigenvalue weighted by Crippen LogP contribution is 2.53. The van der Waals surface area contributed by atoms with Crippen LogP contribution in [-0.2, 0) is 20.3 Å². The number of hydrogen-bond donors (Lipinski definition) is 5. The summed E-state index contributed by atoms with van der Waals surface area (Å²) >= 11 is 0. The van der Waals surface area contributed by atoms with Gasteiger partial charge in [0.1, 0.15) is 5.75 Å². The number of phosphoric ester groups is 1. The first kappa shape index (κ1) is 20.9. The quantitative estimate of drug-likeness (QED) is 0.346. The van der Waals surface area contributed by atoms with Crippen molar-refractivity contribution in [3.8, 4) is 5.75 Å². The van der Waals surface area contributed by atoms with Crippen molar-refractivity contribution in [2.24, 2.45) is 4.99 Å². The highest BCUT2D eigenvalue weighted by Gasteiger charge is 2.40. The van der Waals surface area contributed by atoms with Gasteiger partial charge in [0.2, 0.25) is 0 Å². The van der Waals surface area contributed by atoms with Gasteiger partial charge in [0, 0.05) is 23.5 Å². The molecule has 1 unspecified atom stereocenters. The van der Waals surface area contributed by atoms with Crippen LogP contribution in [0.5, 0.6) is 5.75 Å². The summed E-state index contributed by atoms with van der Waals surface area (Å²) in [5, 5.41) is 8.39. The summed E-state index contributed by atoms with van der Waals surface area (Å²) in [7, 11) is -9.30. The Balaban J connectivity index is 3.31. The molecule has 0 aliphatic carbocycles. The maximum absolute atomic E-state index is 11.6. The number of nitrogens with zero attached hydrogens (tertiary/aromatic N) is 2. The third kappa shape index (κ3) is 5.19. The van der Waals surface area contributed by atoms with Gasteiger partial charge in [0.05, 0.1) is 12.3 Å². The summed E-state index contributed by atoms with van der Waals surface area (Å²) in [6.07, 6.45) is 2.31. The molecule has 24 heavy (non-hydrogen) atoms. The van der Waals surface area contributed by atoms with Crippen LogP contribution < -0.4 is 0 Å². The molecular formula is C12H20N2O8P2. The highest BCUT2D eigenvalue weighted by molar-refractivity contribution is 7.53. The summed E-state index contributed by atoms with van der Waals surface area (Å²) in [5.74, 6) is -0.324. The van der Waals surface area contributed by atoms with E-state index in [1.165, 1.54) is 20.0 Å². The standard InChI is InChI=1S/C12H20N2O8P2/c1-4-12(3,23(16,17)18)14-6-10-9(7-22-24(19,20)21)5-13-8(2)11(10)15/h5-6,15H,4,7H2,1-3H3,(H2,16,17,18)(H2,19,20,21)/b14-6+. The third-order valence-electron chi connectivity index (χ3n) is 3.52. The molecule has 12 heteroatoms. The molecule has 0 bridgehead atoms. The lowest BCUT2D eigenvalue weighted by Gasteiger charge is -2.24. The van der Waals surface area contributed by atoms with Gasteiger partial charge in [-0.15, -0.1) is 0 Å². The lowest BCUT2D eigenvalue weighted by Crippen LogP contribution is -2.21. The summed E-state index contributed by atoms with van der Waals surface area (Å²) in [6.45, 7) is 3.74. The van der Waals surface area contributed by atoms with Crippen LogP contribution in [0.3, 0.4) is 0 Å². The van der Waals surface area contributed by atoms with Gasteiger partial charge in [-0.05, 0) is 20.3 Å². The first-order chi connectivity index (χ1) is 10.8. The molecular weight excluding hydrogens is 362 g/mol. The van der Waals surface area contributed by atoms with Gasteiger partial charge < -0.3 is 24.7 Å². The van der Waals surface area contributed by atoms with E-state index < -0.39 is 27.3 Å². The fourth-order valence-corrected chi connectivity index (χ4v) is 2.57. The van der Waals surface area contributed by atoms with Crippen molar-refractivity contribution in [3.63, 3.8) is 0 Å². The van der Waals surface area contributed by atoms with E-state index in [1.54, 1.807) is 6.92 Å². The Morgan fingerprint density at radius 2 is 1.92 bits per heavy atom. The molecule has 5 N–H and O–H groups in total. The van der Waals surface area contributed by atoms with Crippen LogP contribution in [0.25, 0.3) is 0 Å². The minimum absolute atomic E-state index is 0.0177. The molecule has 0 spiro atoms. The van der Waals surface area contributed by atoms with Crippen molar-refractivity contribution in [2.75, 3.05) is 0 Å². The van der Waals surface area contributed by atoms with Crippen LogP contribution in [0.1, 0.15) is 37.1 Å². The van der Waals surface area contributed by atoms with Crippen LogP contribution in [0.15, 0.2) is 11.2 Å². The SMILES string of the molecule is CCC(C)(/N=C/c1c(COP(=O)(O)O)cnc(C)c1O)P(=O)(O)O. The van der Waals surface area contributed by atoms with Gasteiger partial charge in [-0.3, -0.25) is 19.1 Å². The zero-order valence-corrected chi connectivity index (χ0v) is 15.1. The minimum atomic E-state index is -4.74. The maximum Gasteiger partial charge on any atom is 0.469 e. The molecule has 1 rings (SSSR count). The monoisotopic (exact) mass is 382 g/mol. The highest BCUT2D eigenvalue weighted by atomic mass is 31.2. The molecule has 0 saturated carbocycles. The number of aromatic hydroxyl groups is 1. The molecule has 0 amide bonds. The Hall–Kier alpha value is -1.12. The Morgan fingerprint density at radius 1 is 1.33 bits per heavy atom. The molecule has 0 aliphatic rings. The van der Waals surface area contributed by atoms with Crippen molar-refractivity contribution in [2.45, 2.75) is 39.1 Å². The second-order valence-electron chi connectivity index (χ2n) is 5.27. The van der Waals surface area contributed by atoms with E-state index in [1.807, 2.05) is 0 Å². The van der Waals surface area contributed by atoms with E-state index in [0.717, 1.165) is 6.21 Å². The summed E-state index contributed by atoms with van der Waals surface area (Å²) < 4.78 is 26.8. The fraction of sp³-hybridized carbons (Fsp3) is 0.500. The average molecular weight is 382 g/mol. The second kappa shape index (κ2) is 7.41. The van der Waals surface area contributed by atoms with Gasteiger partial charge in [-0.25, -0.2) is 4.57 Å². The molecule has 0 fully saturated rings. The van der Waals surface area contributed by atoms with Gasteiger partial charge in [-0.2, -0.15) is 0 Å². The van der Waals surface area contributed by atoms with E-state index >= 15 is 0 Å². The Labute approximate surface area is 138 Å². The number of pyridine rings is 1. The Morgan fingerprint density at radius 3 is 2.38 bits per heavy atom. The smallest absolute Gasteiger partial charge is 0.469 e. The van der Waals surface area contributed by atoms with Gasteiger partial charge in [0.25, 0.3) is 0 Å². The summed E-state index contributed by atoms with van der Waals surface area (Å²) in [5.41, 5.74) is 0.337. The van der Waals surface area contributed by atoms with Gasteiger partial charge in [0.15, 0.2) is 5.28 Å². The predicted octanol–water partition coefficient (Wildman–Crippen LogP) is 1.43. The lowest BCUT2D eigenvalue weighted by molar-refractivity contribution is 0.188. The van der Waals surface area contributed by atoms with Crippen LogP contribution in [0, 0.1) is 6.92 Å². The fourth-order valence-electron chi connectivity index (χ4n) is 1.64. The molecule has 0 aromatic carbocycles. The number of aromatic nitrogens is 1. The Bertz CT molecular complexity index is 726. The van der Waals surface area contributed by atoms with Gasteiger partial charge in [-0.1, -0.05) is 6.92 Å². The van der Waals surface area contributed by atoms with E-state index in [2.05, 4.69) is 14.5 Å². The summed E-state index contributed by atoms with van der Waals surface area (Å²) in [4.78, 5) is 44.1. The van der Waals surface area contributed by atoms with E-state index in [4.69, 9.17) is 9.79 Å². The van der Waals surface area contributed by atoms with E-state index in [0.29, 0.717) is 0 Å². The molecule has 0 radical (unpaired) electrons. The van der Waals surface area contributed by atoms with Crippen molar-refractivity contribution in [3.05, 3.63) is 23.0 Å². The molecule has 136 valence electrons. The molecule has 10 nitrogen and oxygen atoms in total. The topological polar surface area (TPSA) is 170 Å². The zero-order valence-electron chi connectivity index (χ0n) is 13.3. The largest absolute Gasteiger partial charge is 0.505 e. The van der Waals surface area contributed by atoms with Crippen LogP contribution in [0.4, 0.5) is 0 Å². The maximum atomic E-state index is 11.6. The number of aliphatic imine (C=N–C) groups is 1. The predicted molar refractivity (Wildman–Crippen MR) is 85.8 cm³/mol. The molecule has 1 heterocycles. The van der Waals surface area contributed by atoms with Crippen molar-refractivity contribution >= 4 is 21.6 Å². The molecule has 1 atom stereocenters. The number of phosphoric acid groups is 1. The van der Waals surface area contributed by atoms with E-state index in [-0.39, 0.29) is 29.0 Å². The first-order valence-corrected chi connectivity index (χ1v) is 9.93. The van der Waals surface area contributed by atoms with Crippen molar-refractivity contribution in [1.29, 1.82) is 0 Å². The van der Waals surface area contributed by atoms with E-state index in [9.17, 15) is 24.0 Å². The third-order valence-corrected chi connectivity index (χ3v) is 5.67. The average Bonchev–Trinajstić information content (AvgIpc) is 2.45. The van der Waals surface area contributed by atoms with Crippen LogP contribution >= 0.6 is 15.4 Å². The molecule has 0 aliphatic heterocycles. The first-order valence-electron chi connectivity index (χ1n) is 6.79. The summed E-state index contributed by atoms with van der Waals surface area (Å²) in [6, 6.07) is 0. The van der Waals surface area contributed by atoms with Crippen molar-refractivity contribution in [1.82, 2.24) is 4.98 Å². The Kier molecular flexibility index (Phi) is 6.46. The lowest BCUT2D eigenvalue weighted by atomic mass is 10.1. The molecule has 0 saturated heterocycles. The number of rotatable bonds is 7. The van der Waals surface area contributed by atoms with Crippen LogP contribution in [0.2, 0.25) is 0 Å². The molecule has 1 aromatic rings. The van der Waals surface area contributed by atoms with Crippen molar-refractivity contribution < 1.29 is 38.3 Å². The minimum Gasteiger partial charge on any atom is -0.505 e. The molecule has 1 aromatic heterocycles. The van der Waals surface area contributed by atoms with Crippen LogP contribution in [-0.4, -0.2) is 41.2 Å². The normalized spacial score (nSPS) is 15.6. The second-order valence-corrected chi connectivity index (χ2v) is 8.56. The number of aryl methyl sites for hydroxylation is 1. The zero-order chi connectivity index (χ0) is 18.8.